The van der Waals surface area contributed by atoms with Gasteiger partial charge < -0.3 is 14.8 Å². The van der Waals surface area contributed by atoms with Crippen LogP contribution in [0.15, 0.2) is 18.2 Å². The van der Waals surface area contributed by atoms with Crippen LogP contribution in [0.3, 0.4) is 0 Å². The molecule has 19 heavy (non-hydrogen) atoms. The molecule has 3 nitrogen and oxygen atoms in total. The SMILES string of the molecule is COCCNCc1cccc(C)c1OCCC1CC1. The van der Waals surface area contributed by atoms with Crippen LogP contribution in [-0.2, 0) is 11.3 Å². The fraction of sp³-hybridized carbons (Fsp3) is 0.625. The van der Waals surface area contributed by atoms with E-state index in [1.54, 1.807) is 7.11 Å². The van der Waals surface area contributed by atoms with Crippen LogP contribution in [0.4, 0.5) is 0 Å². The van der Waals surface area contributed by atoms with Crippen molar-refractivity contribution in [3.8, 4) is 5.75 Å². The zero-order valence-electron chi connectivity index (χ0n) is 12.1. The van der Waals surface area contributed by atoms with Crippen LogP contribution in [0.5, 0.6) is 5.75 Å². The van der Waals surface area contributed by atoms with Gasteiger partial charge in [0.15, 0.2) is 0 Å². The second-order valence-corrected chi connectivity index (χ2v) is 5.31. The molecule has 1 aromatic rings. The number of benzene rings is 1. The molecule has 0 aromatic heterocycles. The average Bonchev–Trinajstić information content (AvgIpc) is 3.21. The lowest BCUT2D eigenvalue weighted by Crippen LogP contribution is -2.19. The van der Waals surface area contributed by atoms with Crippen LogP contribution in [0.25, 0.3) is 0 Å². The molecule has 0 heterocycles. The van der Waals surface area contributed by atoms with E-state index in [-0.39, 0.29) is 0 Å². The highest BCUT2D eigenvalue weighted by atomic mass is 16.5. The third-order valence-electron chi connectivity index (χ3n) is 3.56. The lowest BCUT2D eigenvalue weighted by Gasteiger charge is -2.14. The number of nitrogens with one attached hydrogen (secondary N) is 1. The van der Waals surface area contributed by atoms with Crippen molar-refractivity contribution >= 4 is 0 Å². The van der Waals surface area contributed by atoms with E-state index < -0.39 is 0 Å². The fourth-order valence-corrected chi connectivity index (χ4v) is 2.19. The molecule has 106 valence electrons. The topological polar surface area (TPSA) is 30.5 Å². The minimum atomic E-state index is 0.740. The highest BCUT2D eigenvalue weighted by Gasteiger charge is 2.21. The van der Waals surface area contributed by atoms with Crippen molar-refractivity contribution in [1.29, 1.82) is 0 Å². The number of para-hydroxylation sites is 1. The van der Waals surface area contributed by atoms with E-state index in [9.17, 15) is 0 Å². The Bertz CT molecular complexity index is 388. The first kappa shape index (κ1) is 14.4. The second kappa shape index (κ2) is 7.51. The first-order valence-corrected chi connectivity index (χ1v) is 7.22. The van der Waals surface area contributed by atoms with Gasteiger partial charge in [0.1, 0.15) is 5.75 Å². The Morgan fingerprint density at radius 2 is 2.11 bits per heavy atom. The summed E-state index contributed by atoms with van der Waals surface area (Å²) in [6, 6.07) is 6.35. The van der Waals surface area contributed by atoms with Gasteiger partial charge in [-0.1, -0.05) is 31.0 Å². The maximum atomic E-state index is 6.00. The molecular formula is C16H25NO2. The molecule has 0 spiro atoms. The van der Waals surface area contributed by atoms with Crippen LogP contribution in [0.2, 0.25) is 0 Å². The summed E-state index contributed by atoms with van der Waals surface area (Å²) in [5.74, 6) is 1.99. The molecule has 0 bridgehead atoms. The molecule has 0 radical (unpaired) electrons. The van der Waals surface area contributed by atoms with Crippen molar-refractivity contribution < 1.29 is 9.47 Å². The summed E-state index contributed by atoms with van der Waals surface area (Å²) < 4.78 is 11.0. The molecule has 2 rings (SSSR count). The zero-order chi connectivity index (χ0) is 13.5. The monoisotopic (exact) mass is 263 g/mol. The predicted molar refractivity (Wildman–Crippen MR) is 77.6 cm³/mol. The Morgan fingerprint density at radius 1 is 1.26 bits per heavy atom. The van der Waals surface area contributed by atoms with Crippen LogP contribution in [0.1, 0.15) is 30.4 Å². The Hall–Kier alpha value is -1.06. The number of methoxy groups -OCH3 is 1. The summed E-state index contributed by atoms with van der Waals surface area (Å²) in [6.07, 6.45) is 3.98. The summed E-state index contributed by atoms with van der Waals surface area (Å²) in [6.45, 7) is 5.41. The minimum absolute atomic E-state index is 0.740. The number of hydrogen-bond donors (Lipinski definition) is 1. The summed E-state index contributed by atoms with van der Waals surface area (Å²) in [5.41, 5.74) is 2.47. The third-order valence-corrected chi connectivity index (χ3v) is 3.56. The van der Waals surface area contributed by atoms with Crippen molar-refractivity contribution in [2.24, 2.45) is 5.92 Å². The molecule has 0 atom stereocenters. The largest absolute Gasteiger partial charge is 0.493 e. The highest BCUT2D eigenvalue weighted by molar-refractivity contribution is 5.40. The van der Waals surface area contributed by atoms with Gasteiger partial charge in [-0.3, -0.25) is 0 Å². The lowest BCUT2D eigenvalue weighted by atomic mass is 10.1. The van der Waals surface area contributed by atoms with Crippen molar-refractivity contribution in [2.45, 2.75) is 32.7 Å². The molecule has 1 N–H and O–H groups in total. The maximum Gasteiger partial charge on any atom is 0.126 e. The van der Waals surface area contributed by atoms with E-state index in [0.29, 0.717) is 0 Å². The van der Waals surface area contributed by atoms with E-state index >= 15 is 0 Å². The van der Waals surface area contributed by atoms with Crippen LogP contribution in [-0.4, -0.2) is 26.9 Å². The van der Waals surface area contributed by atoms with Crippen LogP contribution < -0.4 is 10.1 Å². The highest BCUT2D eigenvalue weighted by Crippen LogP contribution is 2.33. The van der Waals surface area contributed by atoms with E-state index in [0.717, 1.165) is 38.0 Å². The van der Waals surface area contributed by atoms with Crippen molar-refractivity contribution in [1.82, 2.24) is 5.32 Å². The molecule has 3 heteroatoms. The summed E-state index contributed by atoms with van der Waals surface area (Å²) in [7, 11) is 1.72. The molecule has 0 amide bonds. The van der Waals surface area contributed by atoms with Crippen molar-refractivity contribution in [3.63, 3.8) is 0 Å². The summed E-state index contributed by atoms with van der Waals surface area (Å²) >= 11 is 0. The quantitative estimate of drug-likeness (QED) is 0.695. The molecule has 0 aliphatic heterocycles. The fourth-order valence-electron chi connectivity index (χ4n) is 2.19. The smallest absolute Gasteiger partial charge is 0.126 e. The van der Waals surface area contributed by atoms with Gasteiger partial charge in [0, 0.05) is 25.8 Å². The Balaban J connectivity index is 1.86. The number of rotatable bonds is 9. The van der Waals surface area contributed by atoms with Crippen LogP contribution in [0, 0.1) is 12.8 Å². The van der Waals surface area contributed by atoms with Gasteiger partial charge >= 0.3 is 0 Å². The molecule has 1 aromatic carbocycles. The molecular weight excluding hydrogens is 238 g/mol. The standard InChI is InChI=1S/C16H25NO2/c1-13-4-3-5-15(12-17-9-11-18-2)16(13)19-10-8-14-6-7-14/h3-5,14,17H,6-12H2,1-2H3. The van der Waals surface area contributed by atoms with E-state index in [2.05, 4.69) is 30.4 Å². The Kier molecular flexibility index (Phi) is 5.67. The average molecular weight is 263 g/mol. The molecule has 1 saturated carbocycles. The molecule has 1 aliphatic rings. The first-order chi connectivity index (χ1) is 9.31. The number of hydrogen-bond acceptors (Lipinski definition) is 3. The van der Waals surface area contributed by atoms with E-state index in [4.69, 9.17) is 9.47 Å². The first-order valence-electron chi connectivity index (χ1n) is 7.22. The lowest BCUT2D eigenvalue weighted by molar-refractivity contribution is 0.199. The summed E-state index contributed by atoms with van der Waals surface area (Å²) in [4.78, 5) is 0. The van der Waals surface area contributed by atoms with Crippen LogP contribution >= 0.6 is 0 Å². The van der Waals surface area contributed by atoms with E-state index in [1.807, 2.05) is 0 Å². The van der Waals surface area contributed by atoms with Gasteiger partial charge in [-0.25, -0.2) is 0 Å². The second-order valence-electron chi connectivity index (χ2n) is 5.31. The molecule has 1 fully saturated rings. The number of aryl methyl sites for hydroxylation is 1. The third kappa shape index (κ3) is 4.84. The van der Waals surface area contributed by atoms with E-state index in [1.165, 1.54) is 30.4 Å². The van der Waals surface area contributed by atoms with Gasteiger partial charge in [0.25, 0.3) is 0 Å². The normalized spacial score (nSPS) is 14.6. The van der Waals surface area contributed by atoms with Gasteiger partial charge in [-0.05, 0) is 24.8 Å². The Morgan fingerprint density at radius 3 is 2.84 bits per heavy atom. The molecule has 1 aliphatic carbocycles. The number of ether oxygens (including phenoxy) is 2. The Labute approximate surface area is 116 Å². The minimum Gasteiger partial charge on any atom is -0.493 e. The van der Waals surface area contributed by atoms with Gasteiger partial charge in [-0.2, -0.15) is 0 Å². The molecule has 0 unspecified atom stereocenters. The van der Waals surface area contributed by atoms with Crippen molar-refractivity contribution in [3.05, 3.63) is 29.3 Å². The van der Waals surface area contributed by atoms with Gasteiger partial charge in [0.05, 0.1) is 13.2 Å². The van der Waals surface area contributed by atoms with Gasteiger partial charge in [0.2, 0.25) is 0 Å². The van der Waals surface area contributed by atoms with Crippen molar-refractivity contribution in [2.75, 3.05) is 26.9 Å². The molecule has 0 saturated heterocycles. The summed E-state index contributed by atoms with van der Waals surface area (Å²) in [5, 5.41) is 3.38. The zero-order valence-corrected chi connectivity index (χ0v) is 12.1. The van der Waals surface area contributed by atoms with Gasteiger partial charge in [-0.15, -0.1) is 0 Å². The predicted octanol–water partition coefficient (Wildman–Crippen LogP) is 2.91. The maximum absolute atomic E-state index is 6.00.